The highest BCUT2D eigenvalue weighted by Gasteiger charge is 2.17. The molecule has 7 nitrogen and oxygen atoms in total. The molecule has 0 aliphatic rings. The van der Waals surface area contributed by atoms with E-state index in [1.54, 1.807) is 30.9 Å². The molecular formula is C22H25FN6O. The highest BCUT2D eigenvalue weighted by atomic mass is 19.1. The van der Waals surface area contributed by atoms with Gasteiger partial charge in [0.05, 0.1) is 29.2 Å². The van der Waals surface area contributed by atoms with E-state index in [4.69, 9.17) is 0 Å². The smallest absolute Gasteiger partial charge is 0.133 e. The molecule has 0 saturated carbocycles. The summed E-state index contributed by atoms with van der Waals surface area (Å²) in [4.78, 5) is 4.45. The number of H-pyrrole nitrogens is 1. The third kappa shape index (κ3) is 4.10. The van der Waals surface area contributed by atoms with Crippen LogP contribution in [0.4, 0.5) is 4.39 Å². The largest absolute Gasteiger partial charge is 0.389 e. The van der Waals surface area contributed by atoms with Crippen LogP contribution in [0, 0.1) is 12.7 Å². The molecule has 4 rings (SSSR count). The summed E-state index contributed by atoms with van der Waals surface area (Å²) in [5.74, 6) is -0.326. The highest BCUT2D eigenvalue weighted by molar-refractivity contribution is 5.94. The molecule has 0 fully saturated rings. The van der Waals surface area contributed by atoms with E-state index in [0.717, 1.165) is 33.3 Å². The molecule has 30 heavy (non-hydrogen) atoms. The molecule has 0 bridgehead atoms. The van der Waals surface area contributed by atoms with Crippen LogP contribution in [0.5, 0.6) is 0 Å². The third-order valence-electron chi connectivity index (χ3n) is 4.92. The van der Waals surface area contributed by atoms with Gasteiger partial charge in [-0.15, -0.1) is 0 Å². The van der Waals surface area contributed by atoms with Gasteiger partial charge >= 0.3 is 0 Å². The number of nitrogens with one attached hydrogen (secondary N) is 2. The van der Waals surface area contributed by atoms with Crippen molar-refractivity contribution in [3.63, 3.8) is 0 Å². The van der Waals surface area contributed by atoms with Crippen molar-refractivity contribution in [3.8, 4) is 22.5 Å². The summed E-state index contributed by atoms with van der Waals surface area (Å²) < 4.78 is 16.8. The number of aliphatic hydroxyl groups is 1. The Morgan fingerprint density at radius 2 is 2.03 bits per heavy atom. The zero-order chi connectivity index (χ0) is 21.5. The van der Waals surface area contributed by atoms with Gasteiger partial charge in [-0.05, 0) is 44.0 Å². The van der Waals surface area contributed by atoms with E-state index in [2.05, 4.69) is 25.6 Å². The molecule has 0 spiro atoms. The topological polar surface area (TPSA) is 91.6 Å². The Kier molecular flexibility index (Phi) is 5.13. The third-order valence-corrected chi connectivity index (χ3v) is 4.92. The molecule has 0 unspecified atom stereocenters. The van der Waals surface area contributed by atoms with Gasteiger partial charge in [0.2, 0.25) is 0 Å². The van der Waals surface area contributed by atoms with Crippen molar-refractivity contribution < 1.29 is 9.50 Å². The highest BCUT2D eigenvalue weighted by Crippen LogP contribution is 2.32. The second-order valence-electron chi connectivity index (χ2n) is 8.28. The van der Waals surface area contributed by atoms with Gasteiger partial charge in [-0.2, -0.15) is 10.2 Å². The fraction of sp³-hybridized carbons (Fsp3) is 0.318. The minimum Gasteiger partial charge on any atom is -0.389 e. The number of aryl methyl sites for hydroxylation is 2. The van der Waals surface area contributed by atoms with Crippen LogP contribution in [0.1, 0.15) is 25.0 Å². The Hall–Kier alpha value is -3.10. The van der Waals surface area contributed by atoms with Gasteiger partial charge in [-0.3, -0.25) is 14.8 Å². The lowest BCUT2D eigenvalue weighted by Crippen LogP contribution is -2.34. The number of aromatic nitrogens is 5. The van der Waals surface area contributed by atoms with Crippen molar-refractivity contribution >= 4 is 10.9 Å². The maximum Gasteiger partial charge on any atom is 0.133 e. The van der Waals surface area contributed by atoms with Gasteiger partial charge in [0.1, 0.15) is 11.5 Å². The molecule has 0 radical (unpaired) electrons. The molecule has 0 aliphatic heterocycles. The minimum atomic E-state index is -0.816. The van der Waals surface area contributed by atoms with E-state index >= 15 is 4.39 Å². The average molecular weight is 408 g/mol. The monoisotopic (exact) mass is 408 g/mol. The van der Waals surface area contributed by atoms with Crippen molar-refractivity contribution in [2.45, 2.75) is 32.9 Å². The molecule has 3 aromatic heterocycles. The number of hydrogen-bond donors (Lipinski definition) is 3. The summed E-state index contributed by atoms with van der Waals surface area (Å²) in [5, 5.41) is 25.4. The molecule has 8 heteroatoms. The maximum atomic E-state index is 15.1. The summed E-state index contributed by atoms with van der Waals surface area (Å²) >= 11 is 0. The lowest BCUT2D eigenvalue weighted by Gasteiger charge is -2.18. The molecular weight excluding hydrogens is 383 g/mol. The molecule has 4 aromatic rings. The molecule has 156 valence electrons. The fourth-order valence-corrected chi connectivity index (χ4v) is 3.57. The van der Waals surface area contributed by atoms with Crippen LogP contribution in [0.2, 0.25) is 0 Å². The second-order valence-corrected chi connectivity index (χ2v) is 8.28. The molecule has 0 aliphatic carbocycles. The van der Waals surface area contributed by atoms with Crippen LogP contribution in [0.15, 0.2) is 36.8 Å². The maximum absolute atomic E-state index is 15.1. The van der Waals surface area contributed by atoms with Gasteiger partial charge in [0.15, 0.2) is 0 Å². The molecule has 3 heterocycles. The van der Waals surface area contributed by atoms with Gasteiger partial charge in [-0.25, -0.2) is 4.39 Å². The average Bonchev–Trinajstić information content (AvgIpc) is 3.25. The van der Waals surface area contributed by atoms with Crippen LogP contribution < -0.4 is 5.32 Å². The Labute approximate surface area is 174 Å². The van der Waals surface area contributed by atoms with Crippen LogP contribution in [0.3, 0.4) is 0 Å². The lowest BCUT2D eigenvalue weighted by atomic mass is 9.99. The van der Waals surface area contributed by atoms with Gasteiger partial charge in [0.25, 0.3) is 0 Å². The quantitative estimate of drug-likeness (QED) is 0.455. The molecule has 0 saturated heterocycles. The van der Waals surface area contributed by atoms with Gasteiger partial charge in [-0.1, -0.05) is 6.07 Å². The van der Waals surface area contributed by atoms with E-state index < -0.39 is 5.60 Å². The van der Waals surface area contributed by atoms with Crippen LogP contribution in [-0.4, -0.2) is 42.2 Å². The lowest BCUT2D eigenvalue weighted by molar-refractivity contribution is 0.0795. The van der Waals surface area contributed by atoms with Crippen molar-refractivity contribution in [3.05, 3.63) is 53.7 Å². The van der Waals surface area contributed by atoms with Gasteiger partial charge < -0.3 is 10.4 Å². The summed E-state index contributed by atoms with van der Waals surface area (Å²) in [6, 6.07) is 5.32. The molecule has 1 aromatic carbocycles. The zero-order valence-electron chi connectivity index (χ0n) is 17.5. The Morgan fingerprint density at radius 3 is 2.70 bits per heavy atom. The van der Waals surface area contributed by atoms with Crippen molar-refractivity contribution in [1.29, 1.82) is 0 Å². The minimum absolute atomic E-state index is 0.326. The predicted octanol–water partition coefficient (Wildman–Crippen LogP) is 3.33. The van der Waals surface area contributed by atoms with Gasteiger partial charge in [0, 0.05) is 42.8 Å². The summed E-state index contributed by atoms with van der Waals surface area (Å²) in [7, 11) is 1.85. The summed E-state index contributed by atoms with van der Waals surface area (Å²) in [6.45, 7) is 6.23. The first-order valence-corrected chi connectivity index (χ1v) is 9.77. The standard InChI is InChI=1S/C22H25FN6O/c1-13-5-14(8-24-12-22(2,3)30)6-17(23)20(13)18-7-16-19(10-25-18)27-28-21(16)15-9-26-29(4)11-15/h5-7,9-11,24,30H,8,12H2,1-4H3,(H,27,28). The molecule has 3 N–H and O–H groups in total. The predicted molar refractivity (Wildman–Crippen MR) is 114 cm³/mol. The number of nitrogens with zero attached hydrogens (tertiary/aromatic N) is 4. The van der Waals surface area contributed by atoms with Crippen molar-refractivity contribution in [2.24, 2.45) is 7.05 Å². The van der Waals surface area contributed by atoms with Crippen LogP contribution in [0.25, 0.3) is 33.4 Å². The number of benzene rings is 1. The number of fused-ring (bicyclic) bond motifs is 1. The fourth-order valence-electron chi connectivity index (χ4n) is 3.57. The first-order valence-electron chi connectivity index (χ1n) is 9.77. The SMILES string of the molecule is Cc1cc(CNCC(C)(C)O)cc(F)c1-c1cc2c(-c3cnn(C)c3)n[nH]c2cn1. The zero-order valence-corrected chi connectivity index (χ0v) is 17.5. The number of pyridine rings is 1. The first-order chi connectivity index (χ1) is 14.2. The normalized spacial score (nSPS) is 12.1. The van der Waals surface area contributed by atoms with Crippen molar-refractivity contribution in [1.82, 2.24) is 30.3 Å². The van der Waals surface area contributed by atoms with E-state index in [-0.39, 0.29) is 5.82 Å². The van der Waals surface area contributed by atoms with E-state index in [9.17, 15) is 5.11 Å². The Morgan fingerprint density at radius 1 is 1.23 bits per heavy atom. The van der Waals surface area contributed by atoms with E-state index in [0.29, 0.717) is 24.3 Å². The Balaban J connectivity index is 1.68. The van der Waals surface area contributed by atoms with E-state index in [1.807, 2.05) is 32.3 Å². The number of halogens is 1. The summed E-state index contributed by atoms with van der Waals surface area (Å²) in [6.07, 6.45) is 5.31. The molecule has 0 atom stereocenters. The van der Waals surface area contributed by atoms with E-state index in [1.165, 1.54) is 6.07 Å². The first kappa shape index (κ1) is 20.2. The Bertz CT molecular complexity index is 1180. The van der Waals surface area contributed by atoms with Crippen LogP contribution >= 0.6 is 0 Å². The van der Waals surface area contributed by atoms with Crippen LogP contribution in [-0.2, 0) is 13.6 Å². The van der Waals surface area contributed by atoms with Crippen molar-refractivity contribution in [2.75, 3.05) is 6.54 Å². The number of aromatic amines is 1. The summed E-state index contributed by atoms with van der Waals surface area (Å²) in [5.41, 5.74) is 4.25. The number of rotatable bonds is 6. The molecule has 0 amide bonds. The number of hydrogen-bond acceptors (Lipinski definition) is 5. The second kappa shape index (κ2) is 7.62.